The zero-order valence-corrected chi connectivity index (χ0v) is 24.1. The summed E-state index contributed by atoms with van der Waals surface area (Å²) < 4.78 is 40.1. The number of rotatable bonds is 11. The van der Waals surface area contributed by atoms with Crippen LogP contribution in [0.15, 0.2) is 72.8 Å². The second-order valence-electron chi connectivity index (χ2n) is 9.38. The molecule has 0 aromatic heterocycles. The molecule has 3 aromatic carbocycles. The molecule has 208 valence electrons. The minimum absolute atomic E-state index is 0.0545. The van der Waals surface area contributed by atoms with Crippen molar-refractivity contribution >= 4 is 50.7 Å². The lowest BCUT2D eigenvalue weighted by Crippen LogP contribution is -2.54. The fourth-order valence-electron chi connectivity index (χ4n) is 3.98. The van der Waals surface area contributed by atoms with Gasteiger partial charge in [-0.2, -0.15) is 0 Å². The first-order valence-electron chi connectivity index (χ1n) is 12.2. The number of nitrogens with one attached hydrogen (secondary N) is 1. The molecular formula is C28H30Cl2FN3O4S. The van der Waals surface area contributed by atoms with Crippen molar-refractivity contribution in [2.75, 3.05) is 17.1 Å². The van der Waals surface area contributed by atoms with Gasteiger partial charge >= 0.3 is 0 Å². The standard InChI is InChI=1S/C28H30Cl2FN3O4S/c1-19(2)32-28(36)26(15-20-7-5-4-6-8-20)33(17-21-9-11-22(31)12-10-21)27(35)18-34(39(3,37)38)23-13-14-24(29)25(30)16-23/h4-14,16,19,26H,15,17-18H2,1-3H3,(H,32,36). The first-order chi connectivity index (χ1) is 18.3. The van der Waals surface area contributed by atoms with Crippen molar-refractivity contribution in [2.45, 2.75) is 38.9 Å². The Morgan fingerprint density at radius 1 is 0.923 bits per heavy atom. The van der Waals surface area contributed by atoms with Gasteiger partial charge in [0.05, 0.1) is 22.0 Å². The van der Waals surface area contributed by atoms with Crippen LogP contribution in [0, 0.1) is 5.82 Å². The van der Waals surface area contributed by atoms with E-state index in [1.54, 1.807) is 13.8 Å². The lowest BCUT2D eigenvalue weighted by Gasteiger charge is -2.34. The number of hydrogen-bond acceptors (Lipinski definition) is 4. The third-order valence-electron chi connectivity index (χ3n) is 5.84. The van der Waals surface area contributed by atoms with Gasteiger partial charge < -0.3 is 10.2 Å². The number of anilines is 1. The van der Waals surface area contributed by atoms with Gasteiger partial charge in [0.2, 0.25) is 21.8 Å². The molecule has 0 fully saturated rings. The fourth-order valence-corrected chi connectivity index (χ4v) is 5.11. The minimum atomic E-state index is -3.94. The number of sulfonamides is 1. The topological polar surface area (TPSA) is 86.8 Å². The molecule has 0 aliphatic rings. The Hall–Kier alpha value is -3.14. The van der Waals surface area contributed by atoms with E-state index in [0.717, 1.165) is 16.1 Å². The molecule has 3 aromatic rings. The van der Waals surface area contributed by atoms with E-state index in [-0.39, 0.29) is 34.7 Å². The Morgan fingerprint density at radius 2 is 1.56 bits per heavy atom. The van der Waals surface area contributed by atoms with E-state index in [9.17, 15) is 22.4 Å². The highest BCUT2D eigenvalue weighted by Gasteiger charge is 2.33. The number of carbonyl (C=O) groups excluding carboxylic acids is 2. The molecule has 7 nitrogen and oxygen atoms in total. The average molecular weight is 595 g/mol. The molecule has 2 amide bonds. The van der Waals surface area contributed by atoms with E-state index in [0.29, 0.717) is 5.56 Å². The van der Waals surface area contributed by atoms with Gasteiger partial charge in [0, 0.05) is 19.0 Å². The maximum atomic E-state index is 13.9. The summed E-state index contributed by atoms with van der Waals surface area (Å²) in [5.41, 5.74) is 1.52. The normalized spacial score (nSPS) is 12.2. The van der Waals surface area contributed by atoms with Crippen molar-refractivity contribution in [1.82, 2.24) is 10.2 Å². The van der Waals surface area contributed by atoms with Crippen molar-refractivity contribution in [3.63, 3.8) is 0 Å². The van der Waals surface area contributed by atoms with Gasteiger partial charge in [-0.3, -0.25) is 13.9 Å². The lowest BCUT2D eigenvalue weighted by atomic mass is 10.0. The third kappa shape index (κ3) is 8.68. The number of halogens is 3. The van der Waals surface area contributed by atoms with Crippen molar-refractivity contribution in [1.29, 1.82) is 0 Å². The molecular weight excluding hydrogens is 564 g/mol. The zero-order chi connectivity index (χ0) is 28.7. The molecule has 0 radical (unpaired) electrons. The summed E-state index contributed by atoms with van der Waals surface area (Å²) in [7, 11) is -3.94. The highest BCUT2D eigenvalue weighted by Crippen LogP contribution is 2.29. The summed E-state index contributed by atoms with van der Waals surface area (Å²) in [5, 5.41) is 3.22. The highest BCUT2D eigenvalue weighted by molar-refractivity contribution is 7.92. The van der Waals surface area contributed by atoms with Gasteiger partial charge in [-0.1, -0.05) is 65.7 Å². The van der Waals surface area contributed by atoms with E-state index in [1.807, 2.05) is 30.3 Å². The van der Waals surface area contributed by atoms with Gasteiger partial charge in [-0.05, 0) is 55.3 Å². The molecule has 1 atom stereocenters. The van der Waals surface area contributed by atoms with E-state index in [2.05, 4.69) is 5.32 Å². The van der Waals surface area contributed by atoms with Crippen molar-refractivity contribution < 1.29 is 22.4 Å². The molecule has 1 N–H and O–H groups in total. The smallest absolute Gasteiger partial charge is 0.244 e. The SMILES string of the molecule is CC(C)NC(=O)C(Cc1ccccc1)N(Cc1ccc(F)cc1)C(=O)CN(c1ccc(Cl)c(Cl)c1)S(C)(=O)=O. The number of carbonyl (C=O) groups is 2. The predicted octanol–water partition coefficient (Wildman–Crippen LogP) is 5.06. The Kier molecular flexibility index (Phi) is 10.4. The summed E-state index contributed by atoms with van der Waals surface area (Å²) >= 11 is 12.1. The van der Waals surface area contributed by atoms with Crippen LogP contribution < -0.4 is 9.62 Å². The van der Waals surface area contributed by atoms with Crippen LogP contribution in [0.25, 0.3) is 0 Å². The zero-order valence-electron chi connectivity index (χ0n) is 21.8. The summed E-state index contributed by atoms with van der Waals surface area (Å²) in [4.78, 5) is 28.7. The van der Waals surface area contributed by atoms with Crippen LogP contribution in [-0.2, 0) is 32.6 Å². The highest BCUT2D eigenvalue weighted by atomic mass is 35.5. The second-order valence-corrected chi connectivity index (χ2v) is 12.1. The minimum Gasteiger partial charge on any atom is -0.352 e. The fraction of sp³-hybridized carbons (Fsp3) is 0.286. The molecule has 1 unspecified atom stereocenters. The predicted molar refractivity (Wildman–Crippen MR) is 153 cm³/mol. The average Bonchev–Trinajstić information content (AvgIpc) is 2.87. The van der Waals surface area contributed by atoms with Crippen LogP contribution in [0.2, 0.25) is 10.0 Å². The van der Waals surface area contributed by atoms with Gasteiger partial charge in [0.15, 0.2) is 0 Å². The molecule has 0 heterocycles. The molecule has 0 spiro atoms. The molecule has 0 aliphatic carbocycles. The Balaban J connectivity index is 2.06. The van der Waals surface area contributed by atoms with E-state index >= 15 is 0 Å². The van der Waals surface area contributed by atoms with Crippen molar-refractivity contribution in [3.05, 3.63) is 99.8 Å². The number of nitrogens with zero attached hydrogens (tertiary/aromatic N) is 2. The molecule has 3 rings (SSSR count). The van der Waals surface area contributed by atoms with Crippen molar-refractivity contribution in [2.24, 2.45) is 0 Å². The van der Waals surface area contributed by atoms with Crippen LogP contribution in [0.3, 0.4) is 0 Å². The summed E-state index contributed by atoms with van der Waals surface area (Å²) in [6.07, 6.45) is 1.15. The molecule has 0 saturated heterocycles. The van der Waals surface area contributed by atoms with Crippen LogP contribution in [0.5, 0.6) is 0 Å². The molecule has 11 heteroatoms. The Bertz CT molecular complexity index is 1400. The molecule has 0 bridgehead atoms. The third-order valence-corrected chi connectivity index (χ3v) is 7.72. The molecule has 0 saturated carbocycles. The van der Waals surface area contributed by atoms with Gasteiger partial charge in [-0.25, -0.2) is 12.8 Å². The van der Waals surface area contributed by atoms with Crippen LogP contribution in [0.4, 0.5) is 10.1 Å². The van der Waals surface area contributed by atoms with Crippen LogP contribution >= 0.6 is 23.2 Å². The Morgan fingerprint density at radius 3 is 2.13 bits per heavy atom. The maximum absolute atomic E-state index is 13.9. The first-order valence-corrected chi connectivity index (χ1v) is 14.8. The van der Waals surface area contributed by atoms with Crippen molar-refractivity contribution in [3.8, 4) is 0 Å². The van der Waals surface area contributed by atoms with E-state index in [1.165, 1.54) is 47.4 Å². The summed E-state index contributed by atoms with van der Waals surface area (Å²) in [6, 6.07) is 17.8. The van der Waals surface area contributed by atoms with Crippen LogP contribution in [0.1, 0.15) is 25.0 Å². The number of benzene rings is 3. The molecule has 39 heavy (non-hydrogen) atoms. The number of hydrogen-bond donors (Lipinski definition) is 1. The molecule has 0 aliphatic heterocycles. The summed E-state index contributed by atoms with van der Waals surface area (Å²) in [5.74, 6) is -1.47. The lowest BCUT2D eigenvalue weighted by molar-refractivity contribution is -0.140. The first kappa shape index (κ1) is 30.4. The monoisotopic (exact) mass is 593 g/mol. The quantitative estimate of drug-likeness (QED) is 0.336. The largest absolute Gasteiger partial charge is 0.352 e. The van der Waals surface area contributed by atoms with Gasteiger partial charge in [0.1, 0.15) is 18.4 Å². The van der Waals surface area contributed by atoms with Crippen LogP contribution in [-0.4, -0.2) is 50.0 Å². The number of amides is 2. The summed E-state index contributed by atoms with van der Waals surface area (Å²) in [6.45, 7) is 2.96. The maximum Gasteiger partial charge on any atom is 0.244 e. The second kappa shape index (κ2) is 13.3. The van der Waals surface area contributed by atoms with Gasteiger partial charge in [0.25, 0.3) is 0 Å². The van der Waals surface area contributed by atoms with E-state index in [4.69, 9.17) is 23.2 Å². The van der Waals surface area contributed by atoms with Gasteiger partial charge in [-0.15, -0.1) is 0 Å². The van der Waals surface area contributed by atoms with E-state index < -0.39 is 40.2 Å². The Labute approximate surface area is 238 Å².